The number of amides is 1. The summed E-state index contributed by atoms with van der Waals surface area (Å²) >= 11 is 0. The maximum Gasteiger partial charge on any atom is 0.409 e. The highest BCUT2D eigenvalue weighted by molar-refractivity contribution is 5.90. The van der Waals surface area contributed by atoms with Crippen molar-refractivity contribution in [3.8, 4) is 11.1 Å². The largest absolute Gasteiger partial charge is 0.465 e. The lowest BCUT2D eigenvalue weighted by Crippen LogP contribution is -2.09. The third-order valence-electron chi connectivity index (χ3n) is 3.08. The predicted molar refractivity (Wildman–Crippen MR) is 80.9 cm³/mol. The maximum absolute atomic E-state index is 10.9. The number of anilines is 1. The Morgan fingerprint density at radius 3 is 2.55 bits per heavy atom. The monoisotopic (exact) mass is 270 g/mol. The zero-order valence-electron chi connectivity index (χ0n) is 11.2. The van der Waals surface area contributed by atoms with Gasteiger partial charge in [0.05, 0.1) is 5.69 Å². The van der Waals surface area contributed by atoms with Crippen molar-refractivity contribution in [3.05, 3.63) is 54.1 Å². The summed E-state index contributed by atoms with van der Waals surface area (Å²) in [6.07, 6.45) is 0.676. The van der Waals surface area contributed by atoms with Crippen molar-refractivity contribution >= 4 is 11.8 Å². The van der Waals surface area contributed by atoms with Crippen molar-refractivity contribution in [2.24, 2.45) is 5.73 Å². The van der Waals surface area contributed by atoms with Crippen LogP contribution in [0, 0.1) is 0 Å². The molecule has 2 aromatic carbocycles. The van der Waals surface area contributed by atoms with E-state index in [1.807, 2.05) is 48.5 Å². The van der Waals surface area contributed by atoms with Crippen LogP contribution in [0.15, 0.2) is 48.5 Å². The Balaban J connectivity index is 2.37. The molecule has 0 spiro atoms. The van der Waals surface area contributed by atoms with Gasteiger partial charge in [0, 0.05) is 5.56 Å². The minimum absolute atomic E-state index is 0.609. The highest BCUT2D eigenvalue weighted by atomic mass is 16.4. The number of hydrogen-bond donors (Lipinski definition) is 3. The molecule has 0 bridgehead atoms. The summed E-state index contributed by atoms with van der Waals surface area (Å²) < 4.78 is 0. The quantitative estimate of drug-likeness (QED) is 0.780. The van der Waals surface area contributed by atoms with Crippen molar-refractivity contribution in [3.63, 3.8) is 0 Å². The molecule has 0 radical (unpaired) electrons. The number of aryl methyl sites for hydroxylation is 1. The zero-order valence-corrected chi connectivity index (χ0v) is 11.2. The minimum atomic E-state index is -1.06. The van der Waals surface area contributed by atoms with Crippen LogP contribution in [0.5, 0.6) is 0 Å². The SMILES string of the molecule is NCCCc1ccc(-c2ccccc2)c(NC(=O)O)c1. The smallest absolute Gasteiger partial charge is 0.409 e. The summed E-state index contributed by atoms with van der Waals surface area (Å²) in [7, 11) is 0. The molecule has 2 aromatic rings. The van der Waals surface area contributed by atoms with E-state index in [2.05, 4.69) is 5.32 Å². The average Bonchev–Trinajstić information content (AvgIpc) is 2.45. The highest BCUT2D eigenvalue weighted by Gasteiger charge is 2.08. The summed E-state index contributed by atoms with van der Waals surface area (Å²) in [4.78, 5) is 10.9. The molecule has 0 aromatic heterocycles. The third kappa shape index (κ3) is 3.59. The lowest BCUT2D eigenvalue weighted by atomic mass is 9.99. The van der Waals surface area contributed by atoms with Gasteiger partial charge in [-0.3, -0.25) is 5.32 Å². The van der Waals surface area contributed by atoms with Gasteiger partial charge in [-0.15, -0.1) is 0 Å². The molecule has 0 aliphatic carbocycles. The van der Waals surface area contributed by atoms with Crippen LogP contribution >= 0.6 is 0 Å². The third-order valence-corrected chi connectivity index (χ3v) is 3.08. The molecule has 0 fully saturated rings. The van der Waals surface area contributed by atoms with E-state index in [0.717, 1.165) is 29.5 Å². The van der Waals surface area contributed by atoms with E-state index >= 15 is 0 Å². The number of carbonyl (C=O) groups is 1. The Morgan fingerprint density at radius 2 is 1.90 bits per heavy atom. The van der Waals surface area contributed by atoms with Crippen LogP contribution in [0.25, 0.3) is 11.1 Å². The van der Waals surface area contributed by atoms with Crippen molar-refractivity contribution < 1.29 is 9.90 Å². The van der Waals surface area contributed by atoms with E-state index in [1.165, 1.54) is 0 Å². The van der Waals surface area contributed by atoms with Crippen molar-refractivity contribution in [1.82, 2.24) is 0 Å². The second kappa shape index (κ2) is 6.73. The standard InChI is InChI=1S/C16H18N2O2/c17-10-4-5-12-8-9-14(13-6-2-1-3-7-13)15(11-12)18-16(19)20/h1-3,6-9,11,18H,4-5,10,17H2,(H,19,20). The van der Waals surface area contributed by atoms with Gasteiger partial charge in [0.25, 0.3) is 0 Å². The lowest BCUT2D eigenvalue weighted by molar-refractivity contribution is 0.210. The fraction of sp³-hybridized carbons (Fsp3) is 0.188. The van der Waals surface area contributed by atoms with Crippen LogP contribution in [0.1, 0.15) is 12.0 Å². The molecule has 0 atom stereocenters. The summed E-state index contributed by atoms with van der Waals surface area (Å²) in [6, 6.07) is 15.6. The van der Waals surface area contributed by atoms with Crippen LogP contribution in [-0.2, 0) is 6.42 Å². The fourth-order valence-corrected chi connectivity index (χ4v) is 2.14. The molecule has 104 valence electrons. The van der Waals surface area contributed by atoms with Gasteiger partial charge in [-0.05, 0) is 36.6 Å². The molecule has 0 aliphatic heterocycles. The van der Waals surface area contributed by atoms with Crippen LogP contribution in [-0.4, -0.2) is 17.7 Å². The van der Waals surface area contributed by atoms with Gasteiger partial charge < -0.3 is 10.8 Å². The van der Waals surface area contributed by atoms with Gasteiger partial charge in [-0.25, -0.2) is 4.79 Å². The molecule has 0 heterocycles. The van der Waals surface area contributed by atoms with Gasteiger partial charge in [0.2, 0.25) is 0 Å². The first-order valence-electron chi connectivity index (χ1n) is 6.59. The summed E-state index contributed by atoms with van der Waals surface area (Å²) in [5.74, 6) is 0. The molecule has 20 heavy (non-hydrogen) atoms. The molecule has 0 unspecified atom stereocenters. The van der Waals surface area contributed by atoms with Gasteiger partial charge in [0.1, 0.15) is 0 Å². The van der Waals surface area contributed by atoms with Crippen LogP contribution < -0.4 is 11.1 Å². The maximum atomic E-state index is 10.9. The molecule has 4 N–H and O–H groups in total. The van der Waals surface area contributed by atoms with Crippen LogP contribution in [0.2, 0.25) is 0 Å². The summed E-state index contributed by atoms with van der Waals surface area (Å²) in [6.45, 7) is 0.627. The van der Waals surface area contributed by atoms with Crippen LogP contribution in [0.3, 0.4) is 0 Å². The Labute approximate surface area is 118 Å². The molecule has 4 nitrogen and oxygen atoms in total. The fourth-order valence-electron chi connectivity index (χ4n) is 2.14. The Kier molecular flexibility index (Phi) is 4.74. The number of carboxylic acid groups (broad SMARTS) is 1. The molecule has 0 saturated carbocycles. The minimum Gasteiger partial charge on any atom is -0.465 e. The molecule has 2 rings (SSSR count). The van der Waals surface area contributed by atoms with Gasteiger partial charge >= 0.3 is 6.09 Å². The Bertz CT molecular complexity index is 582. The molecule has 0 saturated heterocycles. The second-order valence-electron chi connectivity index (χ2n) is 4.57. The average molecular weight is 270 g/mol. The first-order chi connectivity index (χ1) is 9.70. The van der Waals surface area contributed by atoms with Crippen molar-refractivity contribution in [1.29, 1.82) is 0 Å². The topological polar surface area (TPSA) is 75.3 Å². The molecule has 1 amide bonds. The molecular weight excluding hydrogens is 252 g/mol. The van der Waals surface area contributed by atoms with Crippen molar-refractivity contribution in [2.75, 3.05) is 11.9 Å². The van der Waals surface area contributed by atoms with E-state index in [-0.39, 0.29) is 0 Å². The Hall–Kier alpha value is -2.33. The summed E-state index contributed by atoms with van der Waals surface area (Å²) in [5.41, 5.74) is 9.06. The normalized spacial score (nSPS) is 10.2. The number of nitrogens with one attached hydrogen (secondary N) is 1. The summed E-state index contributed by atoms with van der Waals surface area (Å²) in [5, 5.41) is 11.4. The first kappa shape index (κ1) is 14.1. The number of nitrogens with two attached hydrogens (primary N) is 1. The van der Waals surface area contributed by atoms with E-state index in [9.17, 15) is 4.79 Å². The Morgan fingerprint density at radius 1 is 1.15 bits per heavy atom. The number of benzene rings is 2. The van der Waals surface area contributed by atoms with E-state index in [0.29, 0.717) is 12.2 Å². The van der Waals surface area contributed by atoms with E-state index in [1.54, 1.807) is 0 Å². The molecule has 4 heteroatoms. The number of rotatable bonds is 5. The first-order valence-corrected chi connectivity index (χ1v) is 6.59. The number of hydrogen-bond acceptors (Lipinski definition) is 2. The highest BCUT2D eigenvalue weighted by Crippen LogP contribution is 2.29. The van der Waals surface area contributed by atoms with E-state index < -0.39 is 6.09 Å². The predicted octanol–water partition coefficient (Wildman–Crippen LogP) is 3.33. The zero-order chi connectivity index (χ0) is 14.4. The second-order valence-corrected chi connectivity index (χ2v) is 4.57. The van der Waals surface area contributed by atoms with Gasteiger partial charge in [0.15, 0.2) is 0 Å². The van der Waals surface area contributed by atoms with Gasteiger partial charge in [-0.2, -0.15) is 0 Å². The van der Waals surface area contributed by atoms with E-state index in [4.69, 9.17) is 10.8 Å². The lowest BCUT2D eigenvalue weighted by Gasteiger charge is -2.12. The molecular formula is C16H18N2O2. The molecule has 0 aliphatic rings. The van der Waals surface area contributed by atoms with Crippen LogP contribution in [0.4, 0.5) is 10.5 Å². The van der Waals surface area contributed by atoms with Gasteiger partial charge in [-0.1, -0.05) is 42.5 Å². The van der Waals surface area contributed by atoms with Crippen molar-refractivity contribution in [2.45, 2.75) is 12.8 Å².